The number of halogens is 1. The van der Waals surface area contributed by atoms with Gasteiger partial charge in [0.25, 0.3) is 0 Å². The van der Waals surface area contributed by atoms with Gasteiger partial charge in [-0.15, -0.1) is 0 Å². The minimum Gasteiger partial charge on any atom is -0.465 e. The molecule has 2 aromatic carbocycles. The number of fused-ring (bicyclic) bond motifs is 1. The molecule has 0 fully saturated rings. The highest BCUT2D eigenvalue weighted by molar-refractivity contribution is 6.31. The van der Waals surface area contributed by atoms with Crippen molar-refractivity contribution in [2.24, 2.45) is 0 Å². The van der Waals surface area contributed by atoms with Crippen molar-refractivity contribution in [2.45, 2.75) is 12.5 Å². The molecular formula is C21H19ClN4O3. The second-order valence-corrected chi connectivity index (χ2v) is 7.01. The number of ether oxygens (including phenoxy) is 1. The van der Waals surface area contributed by atoms with Crippen molar-refractivity contribution in [3.05, 3.63) is 82.4 Å². The van der Waals surface area contributed by atoms with Crippen LogP contribution in [0.2, 0.25) is 5.02 Å². The predicted octanol–water partition coefficient (Wildman–Crippen LogP) is 4.03. The molecule has 2 amide bonds. The molecule has 0 radical (unpaired) electrons. The standard InChI is InChI=1S/C21H19ClN4O3/c1-29-20(27)14-7-3-5-9-16(14)25-21(28)26-11-10-17-18(24-12-23-17)19(26)13-6-2-4-8-15(13)22/h2-9,12,19H,10-11H2,1H3,(H,23,24)(H,25,28). The van der Waals surface area contributed by atoms with Crippen LogP contribution < -0.4 is 5.32 Å². The highest BCUT2D eigenvalue weighted by Gasteiger charge is 2.35. The lowest BCUT2D eigenvalue weighted by Gasteiger charge is -2.35. The smallest absolute Gasteiger partial charge is 0.339 e. The van der Waals surface area contributed by atoms with Crippen molar-refractivity contribution in [3.63, 3.8) is 0 Å². The number of rotatable bonds is 3. The summed E-state index contributed by atoms with van der Waals surface area (Å²) >= 11 is 6.45. The van der Waals surface area contributed by atoms with Crippen LogP contribution in [0.5, 0.6) is 0 Å². The second kappa shape index (κ2) is 7.97. The molecule has 148 valence electrons. The lowest BCUT2D eigenvalue weighted by Crippen LogP contribution is -2.43. The van der Waals surface area contributed by atoms with Gasteiger partial charge in [0, 0.05) is 23.7 Å². The molecular weight excluding hydrogens is 392 g/mol. The first-order valence-electron chi connectivity index (χ1n) is 9.11. The molecule has 29 heavy (non-hydrogen) atoms. The van der Waals surface area contributed by atoms with Gasteiger partial charge in [-0.25, -0.2) is 14.6 Å². The van der Waals surface area contributed by atoms with E-state index in [1.54, 1.807) is 41.6 Å². The number of aromatic nitrogens is 2. The number of hydrogen-bond donors (Lipinski definition) is 2. The number of anilines is 1. The van der Waals surface area contributed by atoms with Crippen molar-refractivity contribution >= 4 is 29.3 Å². The maximum absolute atomic E-state index is 13.2. The van der Waals surface area contributed by atoms with Crippen molar-refractivity contribution in [2.75, 3.05) is 19.0 Å². The number of aromatic amines is 1. The molecule has 0 saturated heterocycles. The fourth-order valence-corrected chi connectivity index (χ4v) is 3.81. The quantitative estimate of drug-likeness (QED) is 0.638. The molecule has 2 heterocycles. The van der Waals surface area contributed by atoms with Crippen LogP contribution in [0, 0.1) is 0 Å². The summed E-state index contributed by atoms with van der Waals surface area (Å²) in [6.07, 6.45) is 2.27. The van der Waals surface area contributed by atoms with Crippen molar-refractivity contribution < 1.29 is 14.3 Å². The highest BCUT2D eigenvalue weighted by Crippen LogP contribution is 2.37. The molecule has 1 aliphatic heterocycles. The molecule has 0 spiro atoms. The van der Waals surface area contributed by atoms with Gasteiger partial charge in [-0.1, -0.05) is 41.9 Å². The summed E-state index contributed by atoms with van der Waals surface area (Å²) < 4.78 is 4.81. The summed E-state index contributed by atoms with van der Waals surface area (Å²) in [6, 6.07) is 13.3. The topological polar surface area (TPSA) is 87.3 Å². The van der Waals surface area contributed by atoms with E-state index in [1.165, 1.54) is 7.11 Å². The van der Waals surface area contributed by atoms with Gasteiger partial charge >= 0.3 is 12.0 Å². The first-order valence-corrected chi connectivity index (χ1v) is 9.49. The van der Waals surface area contributed by atoms with Crippen molar-refractivity contribution in [3.8, 4) is 0 Å². The van der Waals surface area contributed by atoms with Gasteiger partial charge in [-0.05, 0) is 23.8 Å². The minimum absolute atomic E-state index is 0.287. The maximum Gasteiger partial charge on any atom is 0.339 e. The van der Waals surface area contributed by atoms with E-state index in [4.69, 9.17) is 16.3 Å². The summed E-state index contributed by atoms with van der Waals surface area (Å²) in [4.78, 5) is 34.5. The van der Waals surface area contributed by atoms with Gasteiger partial charge in [0.1, 0.15) is 6.04 Å². The number of carbonyl (C=O) groups excluding carboxylic acids is 2. The molecule has 0 bridgehead atoms. The number of benzene rings is 2. The summed E-state index contributed by atoms with van der Waals surface area (Å²) in [5.41, 5.74) is 3.21. The SMILES string of the molecule is COC(=O)c1ccccc1NC(=O)N1CCc2[nH]cnc2C1c1ccccc1Cl. The molecule has 8 heteroatoms. The van der Waals surface area contributed by atoms with E-state index in [0.717, 1.165) is 17.0 Å². The van der Waals surface area contributed by atoms with E-state index >= 15 is 0 Å². The van der Waals surface area contributed by atoms with E-state index in [9.17, 15) is 9.59 Å². The number of para-hydroxylation sites is 1. The number of methoxy groups -OCH3 is 1. The number of carbonyl (C=O) groups is 2. The monoisotopic (exact) mass is 410 g/mol. The maximum atomic E-state index is 13.2. The van der Waals surface area contributed by atoms with E-state index in [-0.39, 0.29) is 11.6 Å². The first kappa shape index (κ1) is 19.0. The van der Waals surface area contributed by atoms with Crippen LogP contribution in [0.3, 0.4) is 0 Å². The van der Waals surface area contributed by atoms with Gasteiger partial charge in [-0.2, -0.15) is 0 Å². The Kier molecular flexibility index (Phi) is 5.22. The fourth-order valence-electron chi connectivity index (χ4n) is 3.57. The summed E-state index contributed by atoms with van der Waals surface area (Å²) in [6.45, 7) is 0.470. The third-order valence-electron chi connectivity index (χ3n) is 4.96. The third kappa shape index (κ3) is 3.56. The second-order valence-electron chi connectivity index (χ2n) is 6.60. The number of imidazole rings is 1. The molecule has 1 aliphatic rings. The molecule has 1 aromatic heterocycles. The van der Waals surface area contributed by atoms with Crippen molar-refractivity contribution in [1.82, 2.24) is 14.9 Å². The molecule has 3 aromatic rings. The Morgan fingerprint density at radius 3 is 2.76 bits per heavy atom. The van der Waals surface area contributed by atoms with Crippen LogP contribution in [-0.2, 0) is 11.2 Å². The van der Waals surface area contributed by atoms with Crippen LogP contribution in [0.25, 0.3) is 0 Å². The predicted molar refractivity (Wildman–Crippen MR) is 109 cm³/mol. The van der Waals surface area contributed by atoms with Crippen LogP contribution in [0.1, 0.15) is 33.4 Å². The number of nitrogens with one attached hydrogen (secondary N) is 2. The van der Waals surface area contributed by atoms with Gasteiger partial charge in [-0.3, -0.25) is 0 Å². The Hall–Kier alpha value is -3.32. The Balaban J connectivity index is 1.70. The zero-order chi connectivity index (χ0) is 20.4. The Labute approximate surface area is 172 Å². The van der Waals surface area contributed by atoms with E-state index < -0.39 is 12.0 Å². The largest absolute Gasteiger partial charge is 0.465 e. The molecule has 0 aliphatic carbocycles. The lowest BCUT2D eigenvalue weighted by molar-refractivity contribution is 0.0602. The average Bonchev–Trinajstić information content (AvgIpc) is 3.22. The zero-order valence-electron chi connectivity index (χ0n) is 15.7. The number of hydrogen-bond acceptors (Lipinski definition) is 4. The van der Waals surface area contributed by atoms with Crippen LogP contribution in [0.15, 0.2) is 54.9 Å². The highest BCUT2D eigenvalue weighted by atomic mass is 35.5. The van der Waals surface area contributed by atoms with Gasteiger partial charge in [0.2, 0.25) is 0 Å². The number of amides is 2. The summed E-state index contributed by atoms with van der Waals surface area (Å²) in [5, 5.41) is 3.40. The Morgan fingerprint density at radius 1 is 1.21 bits per heavy atom. The molecule has 1 atom stereocenters. The molecule has 7 nitrogen and oxygen atoms in total. The fraction of sp³-hybridized carbons (Fsp3) is 0.190. The van der Waals surface area contributed by atoms with Gasteiger partial charge in [0.05, 0.1) is 30.4 Å². The molecule has 4 rings (SSSR count). The van der Waals surface area contributed by atoms with Crippen molar-refractivity contribution in [1.29, 1.82) is 0 Å². The zero-order valence-corrected chi connectivity index (χ0v) is 16.4. The molecule has 1 unspecified atom stereocenters. The van der Waals surface area contributed by atoms with Crippen LogP contribution in [0.4, 0.5) is 10.5 Å². The molecule has 0 saturated carbocycles. The van der Waals surface area contributed by atoms with E-state index in [0.29, 0.717) is 23.7 Å². The van der Waals surface area contributed by atoms with E-state index in [1.807, 2.05) is 18.2 Å². The Bertz CT molecular complexity index is 1070. The summed E-state index contributed by atoms with van der Waals surface area (Å²) in [5.74, 6) is -0.517. The van der Waals surface area contributed by atoms with Crippen LogP contribution in [-0.4, -0.2) is 40.5 Å². The number of H-pyrrole nitrogens is 1. The van der Waals surface area contributed by atoms with E-state index in [2.05, 4.69) is 15.3 Å². The first-order chi connectivity index (χ1) is 14.1. The minimum atomic E-state index is -0.517. The van der Waals surface area contributed by atoms with Gasteiger partial charge in [0.15, 0.2) is 0 Å². The lowest BCUT2D eigenvalue weighted by atomic mass is 9.96. The third-order valence-corrected chi connectivity index (χ3v) is 5.30. The van der Waals surface area contributed by atoms with Gasteiger partial charge < -0.3 is 19.9 Å². The number of esters is 1. The number of urea groups is 1. The Morgan fingerprint density at radius 2 is 1.97 bits per heavy atom. The average molecular weight is 411 g/mol. The molecule has 2 N–H and O–H groups in total. The number of nitrogens with zero attached hydrogens (tertiary/aromatic N) is 2. The van der Waals surface area contributed by atoms with Crippen LogP contribution >= 0.6 is 11.6 Å². The normalized spacial score (nSPS) is 15.5. The summed E-state index contributed by atoms with van der Waals surface area (Å²) in [7, 11) is 1.30.